The van der Waals surface area contributed by atoms with Crippen molar-refractivity contribution < 1.29 is 4.74 Å². The molecule has 0 N–H and O–H groups in total. The second-order valence-corrected chi connectivity index (χ2v) is 3.19. The Balaban J connectivity index is 2.54. The van der Waals surface area contributed by atoms with Crippen LogP contribution in [0.1, 0.15) is 0 Å². The van der Waals surface area contributed by atoms with Crippen LogP contribution in [0.15, 0.2) is 29.4 Å². The van der Waals surface area contributed by atoms with Crippen LogP contribution in [0.2, 0.25) is 0 Å². The van der Waals surface area contributed by atoms with Crippen LogP contribution >= 0.6 is 0 Å². The van der Waals surface area contributed by atoms with Crippen LogP contribution in [0.25, 0.3) is 10.4 Å². The Morgan fingerprint density at radius 1 is 1.47 bits per heavy atom. The van der Waals surface area contributed by atoms with Crippen LogP contribution in [0.3, 0.4) is 0 Å². The van der Waals surface area contributed by atoms with E-state index in [1.54, 1.807) is 0 Å². The fourth-order valence-corrected chi connectivity index (χ4v) is 1.10. The molecule has 0 aliphatic rings. The van der Waals surface area contributed by atoms with Gasteiger partial charge in [-0.1, -0.05) is 11.2 Å². The third kappa shape index (κ3) is 3.79. The predicted octanol–water partition coefficient (Wildman–Crippen LogP) is 2.44. The van der Waals surface area contributed by atoms with E-state index in [0.717, 1.165) is 11.4 Å². The lowest BCUT2D eigenvalue weighted by molar-refractivity contribution is 0.328. The zero-order chi connectivity index (χ0) is 11.1. The molecule has 0 amide bonds. The summed E-state index contributed by atoms with van der Waals surface area (Å²) in [7, 11) is 3.94. The average Bonchev–Trinajstić information content (AvgIpc) is 2.25. The van der Waals surface area contributed by atoms with Crippen molar-refractivity contribution in [3.63, 3.8) is 0 Å². The van der Waals surface area contributed by atoms with Crippen molar-refractivity contribution in [3.05, 3.63) is 34.7 Å². The van der Waals surface area contributed by atoms with E-state index in [1.165, 1.54) is 0 Å². The van der Waals surface area contributed by atoms with E-state index in [4.69, 9.17) is 10.3 Å². The van der Waals surface area contributed by atoms with Gasteiger partial charge in [-0.25, -0.2) is 0 Å². The highest BCUT2D eigenvalue weighted by atomic mass is 16.5. The van der Waals surface area contributed by atoms with E-state index in [2.05, 4.69) is 10.0 Å². The summed E-state index contributed by atoms with van der Waals surface area (Å²) in [6.45, 7) is 0.754. The van der Waals surface area contributed by atoms with Crippen molar-refractivity contribution in [2.75, 3.05) is 32.1 Å². The molecule has 0 heterocycles. The molecule has 5 heteroatoms. The maximum atomic E-state index is 8.08. The lowest BCUT2D eigenvalue weighted by Gasteiger charge is -2.13. The van der Waals surface area contributed by atoms with E-state index < -0.39 is 0 Å². The largest absolute Gasteiger partial charge is 0.493 e. The Labute approximate surface area is 88.9 Å². The van der Waals surface area contributed by atoms with Crippen LogP contribution < -0.4 is 9.64 Å². The van der Waals surface area contributed by atoms with Crippen LogP contribution in [-0.4, -0.2) is 27.2 Å². The molecular weight excluding hydrogens is 192 g/mol. The number of hydrogen-bond donors (Lipinski definition) is 0. The lowest BCUT2D eigenvalue weighted by Crippen LogP contribution is -2.08. The van der Waals surface area contributed by atoms with Gasteiger partial charge in [0.1, 0.15) is 5.75 Å². The van der Waals surface area contributed by atoms with Gasteiger partial charge in [-0.05, 0) is 17.7 Å². The van der Waals surface area contributed by atoms with E-state index >= 15 is 0 Å². The molecule has 1 aromatic carbocycles. The maximum Gasteiger partial charge on any atom is 0.121 e. The molecule has 0 radical (unpaired) electrons. The van der Waals surface area contributed by atoms with E-state index in [0.29, 0.717) is 13.2 Å². The number of ether oxygens (including phenoxy) is 1. The molecule has 5 nitrogen and oxygen atoms in total. The topological polar surface area (TPSA) is 61.2 Å². The summed E-state index contributed by atoms with van der Waals surface area (Å²) >= 11 is 0. The zero-order valence-electron chi connectivity index (χ0n) is 8.92. The summed E-state index contributed by atoms with van der Waals surface area (Å²) in [4.78, 5) is 4.65. The first-order valence-corrected chi connectivity index (χ1v) is 4.65. The zero-order valence-corrected chi connectivity index (χ0v) is 8.92. The second kappa shape index (κ2) is 5.78. The van der Waals surface area contributed by atoms with Crippen molar-refractivity contribution >= 4 is 5.69 Å². The minimum atomic E-state index is 0.350. The van der Waals surface area contributed by atoms with Gasteiger partial charge in [-0.2, -0.15) is 0 Å². The fourth-order valence-electron chi connectivity index (χ4n) is 1.10. The smallest absolute Gasteiger partial charge is 0.121 e. The van der Waals surface area contributed by atoms with Gasteiger partial charge in [-0.3, -0.25) is 0 Å². The summed E-state index contributed by atoms with van der Waals surface area (Å²) in [5, 5.41) is 3.39. The number of anilines is 1. The average molecular weight is 206 g/mol. The molecule has 0 unspecified atom stereocenters. The molecule has 80 valence electrons. The lowest BCUT2D eigenvalue weighted by atomic mass is 10.3. The molecule has 1 rings (SSSR count). The van der Waals surface area contributed by atoms with Crippen molar-refractivity contribution in [1.29, 1.82) is 0 Å². The quantitative estimate of drug-likeness (QED) is 0.321. The minimum Gasteiger partial charge on any atom is -0.493 e. The number of rotatable bonds is 5. The molecule has 0 bridgehead atoms. The van der Waals surface area contributed by atoms with Gasteiger partial charge in [0.25, 0.3) is 0 Å². The molecule has 0 saturated heterocycles. The Bertz CT molecular complexity index is 358. The fraction of sp³-hybridized carbons (Fsp3) is 0.400. The minimum absolute atomic E-state index is 0.350. The Kier molecular flexibility index (Phi) is 4.31. The van der Waals surface area contributed by atoms with Crippen molar-refractivity contribution in [2.24, 2.45) is 5.11 Å². The third-order valence-electron chi connectivity index (χ3n) is 1.86. The number of hydrogen-bond acceptors (Lipinski definition) is 3. The maximum absolute atomic E-state index is 8.08. The molecule has 0 spiro atoms. The van der Waals surface area contributed by atoms with E-state index in [1.807, 2.05) is 43.3 Å². The Hall–Kier alpha value is -1.87. The Morgan fingerprint density at radius 2 is 2.27 bits per heavy atom. The monoisotopic (exact) mass is 206 g/mol. The van der Waals surface area contributed by atoms with Crippen LogP contribution in [0.4, 0.5) is 5.69 Å². The number of azide groups is 1. The molecule has 0 atom stereocenters. The number of benzene rings is 1. The van der Waals surface area contributed by atoms with Gasteiger partial charge in [0, 0.05) is 30.8 Å². The molecule has 1 aromatic rings. The van der Waals surface area contributed by atoms with Crippen LogP contribution in [-0.2, 0) is 0 Å². The first kappa shape index (κ1) is 11.2. The highest BCUT2D eigenvalue weighted by Gasteiger charge is 1.97. The third-order valence-corrected chi connectivity index (χ3v) is 1.86. The standard InChI is InChI=1S/C10H14N4O/c1-14(2)9-4-3-5-10(8-9)15-7-6-12-13-11/h3-5,8H,6-7H2,1-2H3. The van der Waals surface area contributed by atoms with Crippen molar-refractivity contribution in [1.82, 2.24) is 0 Å². The molecule has 0 aromatic heterocycles. The van der Waals surface area contributed by atoms with E-state index in [-0.39, 0.29) is 0 Å². The second-order valence-electron chi connectivity index (χ2n) is 3.19. The van der Waals surface area contributed by atoms with Gasteiger partial charge < -0.3 is 9.64 Å². The Morgan fingerprint density at radius 3 is 2.93 bits per heavy atom. The van der Waals surface area contributed by atoms with Crippen molar-refractivity contribution in [3.8, 4) is 5.75 Å². The first-order chi connectivity index (χ1) is 7.24. The first-order valence-electron chi connectivity index (χ1n) is 4.65. The highest BCUT2D eigenvalue weighted by molar-refractivity contribution is 5.49. The van der Waals surface area contributed by atoms with Crippen LogP contribution in [0.5, 0.6) is 5.75 Å². The molecule has 0 aliphatic heterocycles. The van der Waals surface area contributed by atoms with Crippen molar-refractivity contribution in [2.45, 2.75) is 0 Å². The van der Waals surface area contributed by atoms with Gasteiger partial charge in [-0.15, -0.1) is 0 Å². The van der Waals surface area contributed by atoms with Gasteiger partial charge in [0.05, 0.1) is 13.2 Å². The summed E-state index contributed by atoms with van der Waals surface area (Å²) in [6, 6.07) is 7.75. The summed E-state index contributed by atoms with van der Waals surface area (Å²) in [5.41, 5.74) is 9.16. The van der Waals surface area contributed by atoms with Gasteiger partial charge in [0.15, 0.2) is 0 Å². The van der Waals surface area contributed by atoms with Crippen LogP contribution in [0, 0.1) is 0 Å². The molecule has 0 saturated carbocycles. The van der Waals surface area contributed by atoms with E-state index in [9.17, 15) is 0 Å². The SMILES string of the molecule is CN(C)c1cccc(OCCN=[N+]=[N-])c1. The normalized spacial score (nSPS) is 9.20. The molecule has 15 heavy (non-hydrogen) atoms. The molecule has 0 fully saturated rings. The summed E-state index contributed by atoms with van der Waals surface area (Å²) in [5.74, 6) is 0.786. The van der Waals surface area contributed by atoms with Gasteiger partial charge >= 0.3 is 0 Å². The summed E-state index contributed by atoms with van der Waals surface area (Å²) < 4.78 is 5.41. The molecule has 0 aliphatic carbocycles. The molecular formula is C10H14N4O. The predicted molar refractivity (Wildman–Crippen MR) is 60.3 cm³/mol. The summed E-state index contributed by atoms with van der Waals surface area (Å²) in [6.07, 6.45) is 0. The highest BCUT2D eigenvalue weighted by Crippen LogP contribution is 2.18. The number of nitrogens with zero attached hydrogens (tertiary/aromatic N) is 4. The van der Waals surface area contributed by atoms with Gasteiger partial charge in [0.2, 0.25) is 0 Å².